The molecule has 110 valence electrons. The fourth-order valence-corrected chi connectivity index (χ4v) is 1.88. The summed E-state index contributed by atoms with van der Waals surface area (Å²) in [6.45, 7) is 6.01. The SMILES string of the molecule is COc1ccc(C)cc1NC(=O)c1ccc(C(C)C)nn1. The van der Waals surface area contributed by atoms with E-state index in [2.05, 4.69) is 15.5 Å². The van der Waals surface area contributed by atoms with E-state index >= 15 is 0 Å². The van der Waals surface area contributed by atoms with Crippen LogP contribution in [0.4, 0.5) is 5.69 Å². The lowest BCUT2D eigenvalue weighted by atomic mass is 10.1. The molecule has 1 N–H and O–H groups in total. The molecule has 1 aromatic heterocycles. The van der Waals surface area contributed by atoms with Crippen LogP contribution in [-0.4, -0.2) is 23.2 Å². The van der Waals surface area contributed by atoms with Gasteiger partial charge in [0.15, 0.2) is 5.69 Å². The molecule has 5 heteroatoms. The molecule has 2 rings (SSSR count). The molecule has 0 saturated heterocycles. The Kier molecular flexibility index (Phi) is 4.52. The summed E-state index contributed by atoms with van der Waals surface area (Å²) in [5, 5.41) is 10.8. The predicted molar refractivity (Wildman–Crippen MR) is 81.8 cm³/mol. The van der Waals surface area contributed by atoms with Crippen molar-refractivity contribution >= 4 is 11.6 Å². The average Bonchev–Trinajstić information content (AvgIpc) is 2.47. The Morgan fingerprint density at radius 3 is 2.52 bits per heavy atom. The number of anilines is 1. The van der Waals surface area contributed by atoms with Crippen LogP contribution in [0.2, 0.25) is 0 Å². The Bertz CT molecular complexity index is 636. The van der Waals surface area contributed by atoms with Crippen LogP contribution in [0.25, 0.3) is 0 Å². The van der Waals surface area contributed by atoms with E-state index in [9.17, 15) is 4.79 Å². The molecule has 0 aliphatic heterocycles. The molecule has 0 spiro atoms. The average molecular weight is 285 g/mol. The van der Waals surface area contributed by atoms with Crippen LogP contribution in [0.5, 0.6) is 5.75 Å². The number of rotatable bonds is 4. The summed E-state index contributed by atoms with van der Waals surface area (Å²) in [5.41, 5.74) is 2.80. The summed E-state index contributed by atoms with van der Waals surface area (Å²) in [5.74, 6) is 0.592. The van der Waals surface area contributed by atoms with E-state index in [1.54, 1.807) is 13.2 Å². The van der Waals surface area contributed by atoms with E-state index in [4.69, 9.17) is 4.74 Å². The van der Waals surface area contributed by atoms with Gasteiger partial charge in [0, 0.05) is 0 Å². The van der Waals surface area contributed by atoms with Crippen LogP contribution in [0.3, 0.4) is 0 Å². The third kappa shape index (κ3) is 3.56. The molecule has 2 aromatic rings. The number of hydrogen-bond acceptors (Lipinski definition) is 4. The van der Waals surface area contributed by atoms with E-state index in [0.717, 1.165) is 11.3 Å². The van der Waals surface area contributed by atoms with Gasteiger partial charge >= 0.3 is 0 Å². The quantitative estimate of drug-likeness (QED) is 0.937. The van der Waals surface area contributed by atoms with Gasteiger partial charge in [0.1, 0.15) is 5.75 Å². The van der Waals surface area contributed by atoms with Crippen LogP contribution in [0.1, 0.15) is 41.5 Å². The number of ether oxygens (including phenoxy) is 1. The van der Waals surface area contributed by atoms with Crippen molar-refractivity contribution in [1.29, 1.82) is 0 Å². The van der Waals surface area contributed by atoms with Gasteiger partial charge in [0.25, 0.3) is 5.91 Å². The smallest absolute Gasteiger partial charge is 0.276 e. The highest BCUT2D eigenvalue weighted by Gasteiger charge is 2.12. The molecule has 1 aromatic carbocycles. The van der Waals surface area contributed by atoms with E-state index < -0.39 is 0 Å². The molecule has 0 bridgehead atoms. The van der Waals surface area contributed by atoms with Crippen molar-refractivity contribution in [3.63, 3.8) is 0 Å². The second-order valence-corrected chi connectivity index (χ2v) is 5.16. The Labute approximate surface area is 124 Å². The molecule has 0 radical (unpaired) electrons. The highest BCUT2D eigenvalue weighted by atomic mass is 16.5. The van der Waals surface area contributed by atoms with Crippen molar-refractivity contribution in [3.8, 4) is 5.75 Å². The lowest BCUT2D eigenvalue weighted by Gasteiger charge is -2.11. The molecule has 1 heterocycles. The van der Waals surface area contributed by atoms with Crippen LogP contribution in [-0.2, 0) is 0 Å². The van der Waals surface area contributed by atoms with E-state index in [-0.39, 0.29) is 17.5 Å². The Hall–Kier alpha value is -2.43. The number of hydrogen-bond donors (Lipinski definition) is 1. The largest absolute Gasteiger partial charge is 0.495 e. The van der Waals surface area contributed by atoms with Crippen molar-refractivity contribution in [2.75, 3.05) is 12.4 Å². The first kappa shape index (κ1) is 15.0. The highest BCUT2D eigenvalue weighted by molar-refractivity contribution is 6.03. The van der Waals surface area contributed by atoms with Crippen molar-refractivity contribution in [1.82, 2.24) is 10.2 Å². The number of amides is 1. The number of benzene rings is 1. The summed E-state index contributed by atoms with van der Waals surface area (Å²) in [6.07, 6.45) is 0. The molecular weight excluding hydrogens is 266 g/mol. The fourth-order valence-electron chi connectivity index (χ4n) is 1.88. The molecule has 0 aliphatic carbocycles. The molecule has 0 unspecified atom stereocenters. The second kappa shape index (κ2) is 6.35. The molecule has 0 aliphatic rings. The van der Waals surface area contributed by atoms with Crippen LogP contribution >= 0.6 is 0 Å². The van der Waals surface area contributed by atoms with Gasteiger partial charge < -0.3 is 10.1 Å². The lowest BCUT2D eigenvalue weighted by Crippen LogP contribution is -2.15. The maximum absolute atomic E-state index is 12.2. The topological polar surface area (TPSA) is 64.1 Å². The summed E-state index contributed by atoms with van der Waals surface area (Å²) in [6, 6.07) is 9.09. The van der Waals surface area contributed by atoms with Gasteiger partial charge in [-0.25, -0.2) is 0 Å². The van der Waals surface area contributed by atoms with Gasteiger partial charge in [-0.2, -0.15) is 5.10 Å². The number of carbonyl (C=O) groups excluding carboxylic acids is 1. The third-order valence-corrected chi connectivity index (χ3v) is 3.11. The number of carbonyl (C=O) groups is 1. The molecule has 21 heavy (non-hydrogen) atoms. The van der Waals surface area contributed by atoms with Gasteiger partial charge in [-0.15, -0.1) is 5.10 Å². The van der Waals surface area contributed by atoms with E-state index in [1.165, 1.54) is 0 Å². The summed E-state index contributed by atoms with van der Waals surface area (Å²) in [7, 11) is 1.57. The molecule has 0 saturated carbocycles. The summed E-state index contributed by atoms with van der Waals surface area (Å²) in [4.78, 5) is 12.2. The zero-order valence-corrected chi connectivity index (χ0v) is 12.7. The number of aromatic nitrogens is 2. The summed E-state index contributed by atoms with van der Waals surface area (Å²) < 4.78 is 5.24. The molecule has 0 atom stereocenters. The molecule has 0 fully saturated rings. The minimum absolute atomic E-state index is 0.281. The van der Waals surface area contributed by atoms with Gasteiger partial charge in [0.2, 0.25) is 0 Å². The zero-order chi connectivity index (χ0) is 15.4. The van der Waals surface area contributed by atoms with Crippen LogP contribution < -0.4 is 10.1 Å². The first-order valence-electron chi connectivity index (χ1n) is 6.81. The first-order valence-corrected chi connectivity index (χ1v) is 6.81. The molecule has 5 nitrogen and oxygen atoms in total. The normalized spacial score (nSPS) is 10.5. The lowest BCUT2D eigenvalue weighted by molar-refractivity contribution is 0.102. The maximum atomic E-state index is 12.2. The van der Waals surface area contributed by atoms with E-state index in [1.807, 2.05) is 45.0 Å². The Morgan fingerprint density at radius 2 is 1.95 bits per heavy atom. The van der Waals surface area contributed by atoms with E-state index in [0.29, 0.717) is 11.4 Å². The standard InChI is InChI=1S/C16H19N3O2/c1-10(2)12-6-7-13(19-18-12)16(20)17-14-9-11(3)5-8-15(14)21-4/h5-10H,1-4H3,(H,17,20). The van der Waals surface area contributed by atoms with Crippen molar-refractivity contribution in [3.05, 3.63) is 47.3 Å². The molecule has 1 amide bonds. The van der Waals surface area contributed by atoms with Gasteiger partial charge in [0.05, 0.1) is 18.5 Å². The second-order valence-electron chi connectivity index (χ2n) is 5.16. The predicted octanol–water partition coefficient (Wildman–Crippen LogP) is 3.17. The highest BCUT2D eigenvalue weighted by Crippen LogP contribution is 2.25. The van der Waals surface area contributed by atoms with Crippen molar-refractivity contribution < 1.29 is 9.53 Å². The maximum Gasteiger partial charge on any atom is 0.276 e. The number of nitrogens with one attached hydrogen (secondary N) is 1. The fraction of sp³-hybridized carbons (Fsp3) is 0.312. The monoisotopic (exact) mass is 285 g/mol. The minimum atomic E-state index is -0.304. The Balaban J connectivity index is 2.19. The van der Waals surface area contributed by atoms with Crippen molar-refractivity contribution in [2.45, 2.75) is 26.7 Å². The van der Waals surface area contributed by atoms with Crippen LogP contribution in [0.15, 0.2) is 30.3 Å². The number of aryl methyl sites for hydroxylation is 1. The van der Waals surface area contributed by atoms with Crippen LogP contribution in [0, 0.1) is 6.92 Å². The van der Waals surface area contributed by atoms with Gasteiger partial charge in [-0.1, -0.05) is 19.9 Å². The third-order valence-electron chi connectivity index (χ3n) is 3.11. The molecular formula is C16H19N3O2. The number of nitrogens with zero attached hydrogens (tertiary/aromatic N) is 2. The van der Waals surface area contributed by atoms with Gasteiger partial charge in [-0.3, -0.25) is 4.79 Å². The van der Waals surface area contributed by atoms with Crippen molar-refractivity contribution in [2.24, 2.45) is 0 Å². The summed E-state index contributed by atoms with van der Waals surface area (Å²) >= 11 is 0. The minimum Gasteiger partial charge on any atom is -0.495 e. The number of methoxy groups -OCH3 is 1. The first-order chi connectivity index (χ1) is 10.0. The van der Waals surface area contributed by atoms with Gasteiger partial charge in [-0.05, 0) is 42.7 Å². The zero-order valence-electron chi connectivity index (χ0n) is 12.7. The Morgan fingerprint density at radius 1 is 1.19 bits per heavy atom.